The Labute approximate surface area is 81.7 Å². The molecule has 0 N–H and O–H groups in total. The van der Waals surface area contributed by atoms with Crippen molar-refractivity contribution in [3.8, 4) is 0 Å². The molecule has 0 aromatic heterocycles. The molecule has 0 heterocycles. The van der Waals surface area contributed by atoms with Crippen molar-refractivity contribution in [3.05, 3.63) is 35.6 Å². The molecule has 0 spiro atoms. The zero-order chi connectivity index (χ0) is 9.97. The number of esters is 1. The molecule has 1 saturated carbocycles. The minimum Gasteiger partial charge on any atom is -0.462 e. The number of carbonyl (C=O) groups excluding carboxylic acids is 1. The number of benzene rings is 1. The van der Waals surface area contributed by atoms with E-state index in [0.29, 0.717) is 18.1 Å². The highest BCUT2D eigenvalue weighted by Crippen LogP contribution is 2.29. The third-order valence-corrected chi connectivity index (χ3v) is 2.23. The Morgan fingerprint density at radius 3 is 2.57 bits per heavy atom. The summed E-state index contributed by atoms with van der Waals surface area (Å²) < 4.78 is 17.6. The quantitative estimate of drug-likeness (QED) is 0.690. The van der Waals surface area contributed by atoms with Crippen molar-refractivity contribution >= 4 is 5.97 Å². The predicted octanol–water partition coefficient (Wildman–Crippen LogP) is 2.39. The molecule has 14 heavy (non-hydrogen) atoms. The second-order valence-electron chi connectivity index (χ2n) is 3.55. The van der Waals surface area contributed by atoms with Crippen molar-refractivity contribution in [1.29, 1.82) is 0 Å². The van der Waals surface area contributed by atoms with Crippen LogP contribution < -0.4 is 0 Å². The van der Waals surface area contributed by atoms with Crippen LogP contribution in [-0.4, -0.2) is 12.6 Å². The second kappa shape index (κ2) is 3.78. The molecule has 1 aliphatic rings. The van der Waals surface area contributed by atoms with Crippen LogP contribution in [0.3, 0.4) is 0 Å². The Morgan fingerprint density at radius 2 is 2.00 bits per heavy atom. The average molecular weight is 194 g/mol. The van der Waals surface area contributed by atoms with Crippen LogP contribution in [0.1, 0.15) is 23.2 Å². The van der Waals surface area contributed by atoms with Gasteiger partial charge in [0.05, 0.1) is 12.2 Å². The third-order valence-electron chi connectivity index (χ3n) is 2.23. The fourth-order valence-corrected chi connectivity index (χ4v) is 1.15. The number of hydrogen-bond donors (Lipinski definition) is 0. The van der Waals surface area contributed by atoms with Crippen molar-refractivity contribution < 1.29 is 13.9 Å². The highest BCUT2D eigenvalue weighted by Gasteiger charge is 2.23. The maximum Gasteiger partial charge on any atom is 0.338 e. The Kier molecular flexibility index (Phi) is 2.48. The van der Waals surface area contributed by atoms with E-state index in [1.807, 2.05) is 0 Å². The zero-order valence-corrected chi connectivity index (χ0v) is 7.70. The summed E-state index contributed by atoms with van der Waals surface area (Å²) in [5.41, 5.74) is 0.409. The minimum atomic E-state index is -0.364. The molecule has 1 aromatic rings. The van der Waals surface area contributed by atoms with Crippen molar-refractivity contribution in [2.45, 2.75) is 12.8 Å². The summed E-state index contributed by atoms with van der Waals surface area (Å²) in [5, 5.41) is 0. The van der Waals surface area contributed by atoms with Gasteiger partial charge < -0.3 is 4.74 Å². The first-order chi connectivity index (χ1) is 6.75. The minimum absolute atomic E-state index is 0.344. The van der Waals surface area contributed by atoms with Gasteiger partial charge in [-0.2, -0.15) is 0 Å². The first-order valence-corrected chi connectivity index (χ1v) is 4.68. The van der Waals surface area contributed by atoms with Gasteiger partial charge in [-0.05, 0) is 43.0 Å². The van der Waals surface area contributed by atoms with Gasteiger partial charge in [0.15, 0.2) is 0 Å². The summed E-state index contributed by atoms with van der Waals surface area (Å²) in [7, 11) is 0. The molecule has 0 unspecified atom stereocenters. The monoisotopic (exact) mass is 194 g/mol. The van der Waals surface area contributed by atoms with Crippen molar-refractivity contribution in [2.24, 2.45) is 5.92 Å². The first-order valence-electron chi connectivity index (χ1n) is 4.68. The van der Waals surface area contributed by atoms with E-state index in [1.54, 1.807) is 0 Å². The van der Waals surface area contributed by atoms with Crippen LogP contribution in [0.2, 0.25) is 0 Å². The van der Waals surface area contributed by atoms with E-state index in [2.05, 4.69) is 0 Å². The van der Waals surface area contributed by atoms with Crippen molar-refractivity contribution in [1.82, 2.24) is 0 Å². The molecular weight excluding hydrogens is 183 g/mol. The molecule has 2 rings (SSSR count). The van der Waals surface area contributed by atoms with E-state index in [-0.39, 0.29) is 11.8 Å². The van der Waals surface area contributed by atoms with Gasteiger partial charge in [0.2, 0.25) is 0 Å². The lowest BCUT2D eigenvalue weighted by atomic mass is 10.2. The van der Waals surface area contributed by atoms with E-state index >= 15 is 0 Å². The average Bonchev–Trinajstić information content (AvgIpc) is 2.99. The van der Waals surface area contributed by atoms with E-state index in [1.165, 1.54) is 24.3 Å². The van der Waals surface area contributed by atoms with Gasteiger partial charge in [-0.3, -0.25) is 0 Å². The Hall–Kier alpha value is -1.38. The Bertz CT molecular complexity index is 328. The highest BCUT2D eigenvalue weighted by molar-refractivity contribution is 5.89. The molecule has 2 nitrogen and oxygen atoms in total. The highest BCUT2D eigenvalue weighted by atomic mass is 19.1. The van der Waals surface area contributed by atoms with E-state index in [0.717, 1.165) is 12.8 Å². The van der Waals surface area contributed by atoms with Crippen molar-refractivity contribution in [2.75, 3.05) is 6.61 Å². The Morgan fingerprint density at radius 1 is 1.36 bits per heavy atom. The van der Waals surface area contributed by atoms with Crippen LogP contribution in [-0.2, 0) is 4.74 Å². The molecule has 3 heteroatoms. The number of carbonyl (C=O) groups is 1. The number of ether oxygens (including phenoxy) is 1. The van der Waals surface area contributed by atoms with Crippen LogP contribution in [0, 0.1) is 11.7 Å². The molecule has 0 aliphatic heterocycles. The largest absolute Gasteiger partial charge is 0.462 e. The van der Waals surface area contributed by atoms with Crippen LogP contribution in [0.25, 0.3) is 0 Å². The predicted molar refractivity (Wildman–Crippen MR) is 49.4 cm³/mol. The molecule has 1 aliphatic carbocycles. The summed E-state index contributed by atoms with van der Waals surface area (Å²) >= 11 is 0. The molecular formula is C11H11FO2. The van der Waals surface area contributed by atoms with E-state index < -0.39 is 0 Å². The third kappa shape index (κ3) is 2.31. The number of hydrogen-bond acceptors (Lipinski definition) is 2. The fourth-order valence-electron chi connectivity index (χ4n) is 1.15. The van der Waals surface area contributed by atoms with Crippen molar-refractivity contribution in [3.63, 3.8) is 0 Å². The molecule has 1 fully saturated rings. The van der Waals surface area contributed by atoms with Crippen LogP contribution in [0.5, 0.6) is 0 Å². The van der Waals surface area contributed by atoms with Gasteiger partial charge in [-0.1, -0.05) is 0 Å². The van der Waals surface area contributed by atoms with Gasteiger partial charge in [0, 0.05) is 0 Å². The normalized spacial score (nSPS) is 15.2. The molecule has 0 bridgehead atoms. The maximum absolute atomic E-state index is 12.5. The lowest BCUT2D eigenvalue weighted by Gasteiger charge is -2.02. The zero-order valence-electron chi connectivity index (χ0n) is 7.70. The standard InChI is InChI=1S/C11H11FO2/c12-10-5-3-9(4-6-10)11(13)14-7-8-1-2-8/h3-6,8H,1-2,7H2. The van der Waals surface area contributed by atoms with E-state index in [9.17, 15) is 9.18 Å². The van der Waals surface area contributed by atoms with Gasteiger partial charge in [-0.15, -0.1) is 0 Å². The van der Waals surface area contributed by atoms with Gasteiger partial charge in [0.1, 0.15) is 5.82 Å². The first kappa shape index (κ1) is 9.19. The SMILES string of the molecule is O=C(OCC1CC1)c1ccc(F)cc1. The second-order valence-corrected chi connectivity index (χ2v) is 3.55. The molecule has 0 amide bonds. The summed E-state index contributed by atoms with van der Waals surface area (Å²) in [5.74, 6) is -0.153. The topological polar surface area (TPSA) is 26.3 Å². The number of halogens is 1. The molecule has 0 atom stereocenters. The Balaban J connectivity index is 1.92. The molecule has 0 radical (unpaired) electrons. The van der Waals surface area contributed by atoms with Gasteiger partial charge >= 0.3 is 5.97 Å². The van der Waals surface area contributed by atoms with Gasteiger partial charge in [0.25, 0.3) is 0 Å². The lowest BCUT2D eigenvalue weighted by Crippen LogP contribution is -2.07. The van der Waals surface area contributed by atoms with Crippen LogP contribution in [0.4, 0.5) is 4.39 Å². The summed E-state index contributed by atoms with van der Waals surface area (Å²) in [6, 6.07) is 5.39. The molecule has 74 valence electrons. The maximum atomic E-state index is 12.5. The smallest absolute Gasteiger partial charge is 0.338 e. The number of rotatable bonds is 3. The molecule has 1 aromatic carbocycles. The lowest BCUT2D eigenvalue weighted by molar-refractivity contribution is 0.0486. The van der Waals surface area contributed by atoms with E-state index in [4.69, 9.17) is 4.74 Å². The summed E-state index contributed by atoms with van der Waals surface area (Å²) in [6.45, 7) is 0.496. The summed E-state index contributed by atoms with van der Waals surface area (Å²) in [6.07, 6.45) is 2.30. The fraction of sp³-hybridized carbons (Fsp3) is 0.364. The summed E-state index contributed by atoms with van der Waals surface area (Å²) in [4.78, 5) is 11.3. The van der Waals surface area contributed by atoms with Crippen LogP contribution in [0.15, 0.2) is 24.3 Å². The molecule has 0 saturated heterocycles. The van der Waals surface area contributed by atoms with Gasteiger partial charge in [-0.25, -0.2) is 9.18 Å². The van der Waals surface area contributed by atoms with Crippen LogP contribution >= 0.6 is 0 Å².